The fraction of sp³-hybridized carbons (Fsp3) is 0.696. The Labute approximate surface area is 178 Å². The molecule has 1 heterocycles. The number of ether oxygens (including phenoxy) is 1. The van der Waals surface area contributed by atoms with E-state index in [4.69, 9.17) is 4.74 Å². The zero-order chi connectivity index (χ0) is 21.6. The van der Waals surface area contributed by atoms with Crippen LogP contribution in [0.5, 0.6) is 0 Å². The van der Waals surface area contributed by atoms with Gasteiger partial charge in [-0.3, -0.25) is 0 Å². The molecule has 29 heavy (non-hydrogen) atoms. The Morgan fingerprint density at radius 3 is 2.38 bits per heavy atom. The second-order valence-corrected chi connectivity index (χ2v) is 12.6. The number of aryl methyl sites for hydroxylation is 1. The van der Waals surface area contributed by atoms with Crippen molar-refractivity contribution in [1.82, 2.24) is 9.62 Å². The van der Waals surface area contributed by atoms with E-state index < -0.39 is 17.0 Å². The molecule has 2 aliphatic rings. The molecular formula is C23H36N2O3S. The lowest BCUT2D eigenvalue weighted by Gasteiger charge is -2.43. The summed E-state index contributed by atoms with van der Waals surface area (Å²) >= 11 is -1.15. The number of piperidine rings is 1. The van der Waals surface area contributed by atoms with E-state index in [0.29, 0.717) is 13.1 Å². The molecule has 6 heteroatoms. The first-order valence-electron chi connectivity index (χ1n) is 10.6. The first kappa shape index (κ1) is 22.4. The van der Waals surface area contributed by atoms with Gasteiger partial charge in [-0.25, -0.2) is 4.79 Å². The van der Waals surface area contributed by atoms with Gasteiger partial charge >= 0.3 is 6.09 Å². The van der Waals surface area contributed by atoms with Gasteiger partial charge in [0.1, 0.15) is 10.3 Å². The molecule has 0 radical (unpaired) electrons. The molecule has 1 aromatic carbocycles. The number of carbonyl (C=O) groups excluding carboxylic acids is 1. The van der Waals surface area contributed by atoms with Crippen LogP contribution in [0, 0.1) is 12.3 Å². The lowest BCUT2D eigenvalue weighted by atomic mass is 9.73. The quantitative estimate of drug-likeness (QED) is 0.707. The molecule has 1 spiro atoms. The first-order chi connectivity index (χ1) is 13.3. The van der Waals surface area contributed by atoms with E-state index in [1.165, 1.54) is 16.7 Å². The van der Waals surface area contributed by atoms with E-state index in [-0.39, 0.29) is 22.3 Å². The number of hydrogen-bond donors (Lipinski definition) is 1. The van der Waals surface area contributed by atoms with Gasteiger partial charge in [-0.1, -0.05) is 23.8 Å². The number of benzene rings is 1. The van der Waals surface area contributed by atoms with Crippen LogP contribution in [0.25, 0.3) is 0 Å². The van der Waals surface area contributed by atoms with Gasteiger partial charge in [0.2, 0.25) is 0 Å². The van der Waals surface area contributed by atoms with Crippen LogP contribution in [0.2, 0.25) is 0 Å². The molecule has 0 bridgehead atoms. The molecule has 1 amide bonds. The standard InChI is InChI=1S/C23H36N2O3S/c1-16-8-9-18-17(14-16)15-23(19(18)24-29(27)22(5,6)7)10-12-25(13-11-23)20(26)28-21(2,3)4/h8-9,14,19,24H,10-13,15H2,1-7H3/t19-,29+/m0/s1. The van der Waals surface area contributed by atoms with Crippen molar-refractivity contribution >= 4 is 17.5 Å². The lowest BCUT2D eigenvalue weighted by Crippen LogP contribution is -2.51. The highest BCUT2D eigenvalue weighted by molar-refractivity contribution is 7.90. The van der Waals surface area contributed by atoms with Crippen LogP contribution in [0.1, 0.15) is 77.1 Å². The van der Waals surface area contributed by atoms with Gasteiger partial charge in [-0.15, -0.1) is 4.72 Å². The molecule has 1 aliphatic heterocycles. The van der Waals surface area contributed by atoms with Gasteiger partial charge in [0.05, 0.1) is 6.04 Å². The molecule has 3 rings (SSSR count). The summed E-state index contributed by atoms with van der Waals surface area (Å²) in [5.41, 5.74) is 3.36. The van der Waals surface area contributed by atoms with Crippen LogP contribution in [-0.2, 0) is 22.5 Å². The third-order valence-corrected chi connectivity index (χ3v) is 7.52. The van der Waals surface area contributed by atoms with Crippen molar-refractivity contribution < 1.29 is 14.1 Å². The second-order valence-electron chi connectivity index (χ2n) is 10.6. The minimum Gasteiger partial charge on any atom is -0.598 e. The number of likely N-dealkylation sites (tertiary alicyclic amines) is 1. The number of nitrogens with zero attached hydrogens (tertiary/aromatic N) is 1. The monoisotopic (exact) mass is 420 g/mol. The Morgan fingerprint density at radius 2 is 1.83 bits per heavy atom. The molecule has 0 aromatic heterocycles. The van der Waals surface area contributed by atoms with Gasteiger partial charge in [0.25, 0.3) is 0 Å². The summed E-state index contributed by atoms with van der Waals surface area (Å²) in [4.78, 5) is 14.3. The number of carbonyl (C=O) groups is 1. The van der Waals surface area contributed by atoms with Crippen LogP contribution < -0.4 is 4.72 Å². The molecule has 1 N–H and O–H groups in total. The third-order valence-electron chi connectivity index (χ3n) is 5.96. The van der Waals surface area contributed by atoms with E-state index >= 15 is 0 Å². The lowest BCUT2D eigenvalue weighted by molar-refractivity contribution is 0.00716. The number of fused-ring (bicyclic) bond motifs is 1. The predicted octanol–water partition coefficient (Wildman–Crippen LogP) is 4.66. The van der Waals surface area contributed by atoms with Crippen molar-refractivity contribution in [3.05, 3.63) is 34.9 Å². The van der Waals surface area contributed by atoms with Gasteiger partial charge in [-0.05, 0) is 78.9 Å². The summed E-state index contributed by atoms with van der Waals surface area (Å²) in [7, 11) is 0. The highest BCUT2D eigenvalue weighted by atomic mass is 32.2. The number of nitrogens with one attached hydrogen (secondary N) is 1. The van der Waals surface area contributed by atoms with Crippen molar-refractivity contribution in [3.8, 4) is 0 Å². The Balaban J connectivity index is 1.81. The molecule has 0 saturated carbocycles. The number of hydrogen-bond acceptors (Lipinski definition) is 4. The maximum atomic E-state index is 13.0. The van der Waals surface area contributed by atoms with E-state index in [9.17, 15) is 9.35 Å². The molecule has 5 nitrogen and oxygen atoms in total. The maximum absolute atomic E-state index is 13.0. The predicted molar refractivity (Wildman–Crippen MR) is 118 cm³/mol. The Bertz CT molecular complexity index is 758. The molecule has 1 saturated heterocycles. The smallest absolute Gasteiger partial charge is 0.410 e. The van der Waals surface area contributed by atoms with Crippen LogP contribution >= 0.6 is 0 Å². The molecule has 2 atom stereocenters. The topological polar surface area (TPSA) is 64.6 Å². The van der Waals surface area contributed by atoms with Crippen LogP contribution in [0.15, 0.2) is 18.2 Å². The highest BCUT2D eigenvalue weighted by Crippen LogP contribution is 2.52. The Kier molecular flexibility index (Phi) is 6.03. The van der Waals surface area contributed by atoms with E-state index in [1.807, 2.05) is 46.4 Å². The van der Waals surface area contributed by atoms with Gasteiger partial charge in [0, 0.05) is 29.9 Å². The fourth-order valence-electron chi connectivity index (χ4n) is 4.38. The first-order valence-corrected chi connectivity index (χ1v) is 11.7. The zero-order valence-electron chi connectivity index (χ0n) is 18.9. The van der Waals surface area contributed by atoms with E-state index in [0.717, 1.165) is 19.3 Å². The molecule has 162 valence electrons. The molecule has 0 unspecified atom stereocenters. The Hall–Kier alpha value is -1.24. The summed E-state index contributed by atoms with van der Waals surface area (Å²) in [5, 5.41) is 0. The maximum Gasteiger partial charge on any atom is 0.410 e. The highest BCUT2D eigenvalue weighted by Gasteiger charge is 2.51. The minimum absolute atomic E-state index is 0.0183. The molecule has 1 aliphatic carbocycles. The summed E-state index contributed by atoms with van der Waals surface area (Å²) in [6.07, 6.45) is 2.48. The third kappa shape index (κ3) is 4.92. The van der Waals surface area contributed by atoms with Crippen molar-refractivity contribution in [2.45, 2.75) is 84.1 Å². The summed E-state index contributed by atoms with van der Waals surface area (Å²) in [5.74, 6) is 0. The van der Waals surface area contributed by atoms with Crippen LogP contribution in [0.4, 0.5) is 4.79 Å². The molecule has 1 fully saturated rings. The van der Waals surface area contributed by atoms with Crippen molar-refractivity contribution in [3.63, 3.8) is 0 Å². The van der Waals surface area contributed by atoms with Gasteiger partial charge in [0.15, 0.2) is 0 Å². The normalized spacial score (nSPS) is 22.5. The van der Waals surface area contributed by atoms with Gasteiger partial charge < -0.3 is 14.2 Å². The van der Waals surface area contributed by atoms with Crippen molar-refractivity contribution in [2.24, 2.45) is 5.41 Å². The average Bonchev–Trinajstić information content (AvgIpc) is 2.85. The Morgan fingerprint density at radius 1 is 1.21 bits per heavy atom. The minimum atomic E-state index is -1.15. The van der Waals surface area contributed by atoms with Crippen molar-refractivity contribution in [2.75, 3.05) is 13.1 Å². The van der Waals surface area contributed by atoms with Gasteiger partial charge in [-0.2, -0.15) is 0 Å². The van der Waals surface area contributed by atoms with Crippen LogP contribution in [-0.4, -0.2) is 39.0 Å². The van der Waals surface area contributed by atoms with E-state index in [2.05, 4.69) is 29.8 Å². The van der Waals surface area contributed by atoms with E-state index in [1.54, 1.807) is 0 Å². The molecular weight excluding hydrogens is 384 g/mol. The number of amides is 1. The summed E-state index contributed by atoms with van der Waals surface area (Å²) in [6, 6.07) is 6.64. The molecule has 1 aromatic rings. The zero-order valence-corrected chi connectivity index (χ0v) is 19.7. The SMILES string of the molecule is Cc1ccc2c(c1)CC1(CCN(C(=O)OC(C)(C)C)CC1)[C@H]2N[S@+]([O-])C(C)(C)C. The summed E-state index contributed by atoms with van der Waals surface area (Å²) < 4.78 is 21.7. The second kappa shape index (κ2) is 7.78. The average molecular weight is 421 g/mol. The number of rotatable bonds is 2. The largest absolute Gasteiger partial charge is 0.598 e. The summed E-state index contributed by atoms with van der Waals surface area (Å²) in [6.45, 7) is 15.1. The van der Waals surface area contributed by atoms with Crippen LogP contribution in [0.3, 0.4) is 0 Å². The van der Waals surface area contributed by atoms with Crippen molar-refractivity contribution in [1.29, 1.82) is 0 Å². The fourth-order valence-corrected chi connectivity index (χ4v) is 5.32.